The molecular weight excluding hydrogens is 252 g/mol. The molecule has 1 aliphatic rings. The summed E-state index contributed by atoms with van der Waals surface area (Å²) in [6, 6.07) is 8.04. The first-order valence-electron chi connectivity index (χ1n) is 5.74. The third-order valence-electron chi connectivity index (χ3n) is 3.16. The maximum absolute atomic E-state index is 5.73. The maximum atomic E-state index is 5.73. The van der Waals surface area contributed by atoms with Crippen molar-refractivity contribution in [1.29, 1.82) is 0 Å². The van der Waals surface area contributed by atoms with Crippen molar-refractivity contribution in [2.24, 2.45) is 5.73 Å². The molecule has 0 saturated heterocycles. The normalized spacial score (nSPS) is 17.9. The van der Waals surface area contributed by atoms with Crippen molar-refractivity contribution >= 4 is 12.4 Å². The molecule has 0 saturated carbocycles. The van der Waals surface area contributed by atoms with Crippen LogP contribution in [0.25, 0.3) is 11.3 Å². The number of nitrogens with zero attached hydrogens (tertiary/aromatic N) is 1. The van der Waals surface area contributed by atoms with Gasteiger partial charge in [0.1, 0.15) is 12.0 Å². The van der Waals surface area contributed by atoms with E-state index in [2.05, 4.69) is 17.3 Å². The lowest BCUT2D eigenvalue weighted by atomic mass is 9.91. The summed E-state index contributed by atoms with van der Waals surface area (Å²) in [5, 5.41) is 4.00. The van der Waals surface area contributed by atoms with Crippen LogP contribution >= 0.6 is 12.4 Å². The Kier molecular flexibility index (Phi) is 4.01. The second-order valence-corrected chi connectivity index (χ2v) is 4.10. The van der Waals surface area contributed by atoms with Crippen molar-refractivity contribution in [1.82, 2.24) is 5.16 Å². The summed E-state index contributed by atoms with van der Waals surface area (Å²) in [6.07, 6.45) is 2.49. The second-order valence-electron chi connectivity index (χ2n) is 4.10. The van der Waals surface area contributed by atoms with Gasteiger partial charge in [-0.05, 0) is 17.5 Å². The molecule has 96 valence electrons. The lowest BCUT2D eigenvalue weighted by Gasteiger charge is -2.26. The molecule has 0 radical (unpaired) electrons. The highest BCUT2D eigenvalue weighted by Crippen LogP contribution is 2.33. The van der Waals surface area contributed by atoms with Gasteiger partial charge in [0.15, 0.2) is 0 Å². The van der Waals surface area contributed by atoms with Crippen LogP contribution in [0.2, 0.25) is 0 Å². The second kappa shape index (κ2) is 5.52. The van der Waals surface area contributed by atoms with Crippen molar-refractivity contribution in [2.45, 2.75) is 12.5 Å². The van der Waals surface area contributed by atoms with Crippen molar-refractivity contribution in [3.05, 3.63) is 41.7 Å². The Bertz CT molecular complexity index is 514. The minimum Gasteiger partial charge on any atom is -0.372 e. The van der Waals surface area contributed by atoms with E-state index in [-0.39, 0.29) is 18.5 Å². The molecule has 2 aromatic rings. The Morgan fingerprint density at radius 3 is 2.94 bits per heavy atom. The molecule has 1 atom stereocenters. The van der Waals surface area contributed by atoms with E-state index < -0.39 is 0 Å². The van der Waals surface area contributed by atoms with Gasteiger partial charge in [-0.1, -0.05) is 23.4 Å². The molecule has 1 aromatic carbocycles. The topological polar surface area (TPSA) is 61.3 Å². The quantitative estimate of drug-likeness (QED) is 0.906. The van der Waals surface area contributed by atoms with Gasteiger partial charge in [0.25, 0.3) is 0 Å². The molecule has 3 rings (SSSR count). The number of fused-ring (bicyclic) bond motifs is 1. The van der Waals surface area contributed by atoms with Crippen molar-refractivity contribution in [3.8, 4) is 11.3 Å². The summed E-state index contributed by atoms with van der Waals surface area (Å²) in [4.78, 5) is 0. The van der Waals surface area contributed by atoms with E-state index in [4.69, 9.17) is 15.0 Å². The lowest BCUT2D eigenvalue weighted by Crippen LogP contribution is -2.23. The molecule has 0 fully saturated rings. The molecule has 5 heteroatoms. The predicted molar refractivity (Wildman–Crippen MR) is 70.6 cm³/mol. The number of benzene rings is 1. The number of rotatable bonds is 2. The van der Waals surface area contributed by atoms with E-state index >= 15 is 0 Å². The van der Waals surface area contributed by atoms with E-state index in [1.165, 1.54) is 11.1 Å². The minimum atomic E-state index is 0. The van der Waals surface area contributed by atoms with Crippen LogP contribution in [0.4, 0.5) is 0 Å². The van der Waals surface area contributed by atoms with E-state index in [1.54, 1.807) is 6.26 Å². The number of hydrogen-bond acceptors (Lipinski definition) is 4. The summed E-state index contributed by atoms with van der Waals surface area (Å²) >= 11 is 0. The Morgan fingerprint density at radius 2 is 2.22 bits per heavy atom. The zero-order valence-corrected chi connectivity index (χ0v) is 10.7. The van der Waals surface area contributed by atoms with Crippen LogP contribution in [-0.2, 0) is 11.2 Å². The first kappa shape index (κ1) is 13.1. The van der Waals surface area contributed by atoms with E-state index in [1.807, 2.05) is 12.1 Å². The first-order valence-corrected chi connectivity index (χ1v) is 5.74. The summed E-state index contributed by atoms with van der Waals surface area (Å²) < 4.78 is 10.6. The van der Waals surface area contributed by atoms with E-state index in [9.17, 15) is 0 Å². The summed E-state index contributed by atoms with van der Waals surface area (Å²) in [6.45, 7) is 1.22. The zero-order chi connectivity index (χ0) is 11.7. The molecule has 0 aliphatic carbocycles. The molecule has 0 unspecified atom stereocenters. The fraction of sp³-hybridized carbons (Fsp3) is 0.308. The Labute approximate surface area is 112 Å². The monoisotopic (exact) mass is 266 g/mol. The highest BCUT2D eigenvalue weighted by atomic mass is 35.5. The molecule has 1 aliphatic heterocycles. The SMILES string of the molecule is Cl.NC[C@@H]1OCCc2c(-c3ccon3)cccc21. The van der Waals surface area contributed by atoms with E-state index in [0.29, 0.717) is 13.2 Å². The largest absolute Gasteiger partial charge is 0.372 e. The van der Waals surface area contributed by atoms with Gasteiger partial charge in [-0.3, -0.25) is 0 Å². The average Bonchev–Trinajstić information content (AvgIpc) is 2.91. The van der Waals surface area contributed by atoms with Crippen LogP contribution < -0.4 is 5.73 Å². The predicted octanol–water partition coefficient (Wildman–Crippen LogP) is 2.34. The van der Waals surface area contributed by atoms with Gasteiger partial charge in [0.2, 0.25) is 0 Å². The molecule has 0 spiro atoms. The standard InChI is InChI=1S/C13H14N2O2.ClH/c14-8-13-11-3-1-2-10(9(11)4-6-16-13)12-5-7-17-15-12;/h1-3,5,7,13H,4,6,8,14H2;1H/t13-;/m0./s1. The molecule has 18 heavy (non-hydrogen) atoms. The fourth-order valence-corrected chi connectivity index (χ4v) is 2.36. The molecule has 2 heterocycles. The number of aromatic nitrogens is 1. The van der Waals surface area contributed by atoms with Gasteiger partial charge in [-0.2, -0.15) is 0 Å². The number of ether oxygens (including phenoxy) is 1. The van der Waals surface area contributed by atoms with E-state index in [0.717, 1.165) is 17.7 Å². The first-order chi connectivity index (χ1) is 8.40. The minimum absolute atomic E-state index is 0. The third-order valence-corrected chi connectivity index (χ3v) is 3.16. The molecule has 0 amide bonds. The van der Waals surface area contributed by atoms with Crippen LogP contribution in [0.3, 0.4) is 0 Å². The molecule has 2 N–H and O–H groups in total. The summed E-state index contributed by atoms with van der Waals surface area (Å²) in [5.41, 5.74) is 10.2. The third kappa shape index (κ3) is 2.14. The molecule has 1 aromatic heterocycles. The van der Waals surface area contributed by atoms with Gasteiger partial charge >= 0.3 is 0 Å². The fourth-order valence-electron chi connectivity index (χ4n) is 2.36. The number of hydrogen-bond donors (Lipinski definition) is 1. The summed E-state index contributed by atoms with van der Waals surface area (Å²) in [7, 11) is 0. The van der Waals surface area contributed by atoms with Gasteiger partial charge in [0.05, 0.1) is 12.7 Å². The Hall–Kier alpha value is -1.36. The molecular formula is C13H15ClN2O2. The smallest absolute Gasteiger partial charge is 0.124 e. The van der Waals surface area contributed by atoms with Crippen LogP contribution in [0, 0.1) is 0 Å². The van der Waals surface area contributed by atoms with Gasteiger partial charge in [-0.25, -0.2) is 0 Å². The molecule has 4 nitrogen and oxygen atoms in total. The van der Waals surface area contributed by atoms with Gasteiger partial charge in [0, 0.05) is 18.2 Å². The van der Waals surface area contributed by atoms with Crippen LogP contribution in [-0.4, -0.2) is 18.3 Å². The number of halogens is 1. The van der Waals surface area contributed by atoms with Gasteiger partial charge in [-0.15, -0.1) is 12.4 Å². The van der Waals surface area contributed by atoms with Crippen molar-refractivity contribution in [3.63, 3.8) is 0 Å². The Morgan fingerprint density at radius 1 is 1.33 bits per heavy atom. The number of nitrogens with two attached hydrogens (primary N) is 1. The average molecular weight is 267 g/mol. The highest BCUT2D eigenvalue weighted by molar-refractivity contribution is 5.85. The zero-order valence-electron chi connectivity index (χ0n) is 9.83. The highest BCUT2D eigenvalue weighted by Gasteiger charge is 2.22. The molecule has 0 bridgehead atoms. The van der Waals surface area contributed by atoms with Crippen molar-refractivity contribution in [2.75, 3.05) is 13.2 Å². The van der Waals surface area contributed by atoms with Gasteiger partial charge < -0.3 is 15.0 Å². The summed E-state index contributed by atoms with van der Waals surface area (Å²) in [5.74, 6) is 0. The van der Waals surface area contributed by atoms with Crippen LogP contribution in [0.5, 0.6) is 0 Å². The van der Waals surface area contributed by atoms with Crippen LogP contribution in [0.1, 0.15) is 17.2 Å². The van der Waals surface area contributed by atoms with Crippen molar-refractivity contribution < 1.29 is 9.26 Å². The lowest BCUT2D eigenvalue weighted by molar-refractivity contribution is 0.0486. The maximum Gasteiger partial charge on any atom is 0.124 e. The Balaban J connectivity index is 0.00000120. The van der Waals surface area contributed by atoms with Crippen LogP contribution in [0.15, 0.2) is 35.1 Å².